The predicted octanol–water partition coefficient (Wildman–Crippen LogP) is 1.65. The number of carbonyl (C=O) groups is 2. The molecule has 1 unspecified atom stereocenters. The van der Waals surface area contributed by atoms with Gasteiger partial charge >= 0.3 is 6.03 Å². The molecule has 3 fully saturated rings. The third-order valence-electron chi connectivity index (χ3n) is 5.08. The summed E-state index contributed by atoms with van der Waals surface area (Å²) in [7, 11) is 0. The highest BCUT2D eigenvalue weighted by Gasteiger charge is 2.34. The molecular formula is C17H29N3O3. The summed E-state index contributed by atoms with van der Waals surface area (Å²) in [5.74, 6) is 0.520. The van der Waals surface area contributed by atoms with Crippen molar-refractivity contribution in [3.8, 4) is 0 Å². The second-order valence-corrected chi connectivity index (χ2v) is 7.14. The minimum absolute atomic E-state index is 0.0203. The molecule has 3 amide bonds. The van der Waals surface area contributed by atoms with E-state index in [1.165, 1.54) is 12.8 Å². The normalized spacial score (nSPS) is 24.6. The van der Waals surface area contributed by atoms with E-state index in [-0.39, 0.29) is 11.9 Å². The molecule has 0 aromatic heterocycles. The molecule has 0 aromatic carbocycles. The van der Waals surface area contributed by atoms with Crippen molar-refractivity contribution in [2.45, 2.75) is 63.5 Å². The molecule has 130 valence electrons. The molecule has 0 radical (unpaired) electrons. The first kappa shape index (κ1) is 16.6. The molecule has 2 aliphatic carbocycles. The van der Waals surface area contributed by atoms with Gasteiger partial charge in [0.25, 0.3) is 0 Å². The molecule has 3 aliphatic rings. The van der Waals surface area contributed by atoms with Crippen molar-refractivity contribution in [2.24, 2.45) is 5.92 Å². The first-order chi connectivity index (χ1) is 11.2. The average Bonchev–Trinajstić information content (AvgIpc) is 3.00. The lowest BCUT2D eigenvalue weighted by Crippen LogP contribution is -2.45. The Kier molecular flexibility index (Phi) is 5.75. The Bertz CT molecular complexity index is 413. The van der Waals surface area contributed by atoms with Crippen LogP contribution in [-0.4, -0.2) is 55.2 Å². The maximum Gasteiger partial charge on any atom is 0.317 e. The van der Waals surface area contributed by atoms with Gasteiger partial charge in [-0.05, 0) is 32.1 Å². The molecule has 0 spiro atoms. The molecule has 1 aliphatic heterocycles. The second kappa shape index (κ2) is 7.99. The molecule has 6 heteroatoms. The van der Waals surface area contributed by atoms with Gasteiger partial charge in [0.15, 0.2) is 0 Å². The zero-order chi connectivity index (χ0) is 16.1. The Morgan fingerprint density at radius 1 is 1.09 bits per heavy atom. The van der Waals surface area contributed by atoms with Crippen LogP contribution in [0, 0.1) is 5.92 Å². The number of amides is 3. The fourth-order valence-electron chi connectivity index (χ4n) is 3.54. The highest BCUT2D eigenvalue weighted by Crippen LogP contribution is 2.29. The van der Waals surface area contributed by atoms with Crippen LogP contribution in [-0.2, 0) is 9.53 Å². The molecule has 0 aromatic rings. The Hall–Kier alpha value is -1.30. The number of nitrogens with zero attached hydrogens (tertiary/aromatic N) is 1. The van der Waals surface area contributed by atoms with Crippen LogP contribution in [0.25, 0.3) is 0 Å². The topological polar surface area (TPSA) is 70.7 Å². The van der Waals surface area contributed by atoms with E-state index in [1.54, 1.807) is 0 Å². The highest BCUT2D eigenvalue weighted by molar-refractivity contribution is 5.78. The number of carbonyl (C=O) groups excluding carboxylic acids is 2. The van der Waals surface area contributed by atoms with E-state index in [1.807, 2.05) is 4.90 Å². The number of hydrogen-bond acceptors (Lipinski definition) is 3. The highest BCUT2D eigenvalue weighted by atomic mass is 16.5. The molecule has 2 N–H and O–H groups in total. The maximum absolute atomic E-state index is 12.4. The number of nitrogens with one attached hydrogen (secondary N) is 2. The van der Waals surface area contributed by atoms with Crippen molar-refractivity contribution in [3.05, 3.63) is 0 Å². The van der Waals surface area contributed by atoms with Gasteiger partial charge in [0.2, 0.25) is 5.91 Å². The first-order valence-electron chi connectivity index (χ1n) is 9.14. The minimum atomic E-state index is -0.0203. The Morgan fingerprint density at radius 3 is 2.52 bits per heavy atom. The number of urea groups is 1. The monoisotopic (exact) mass is 323 g/mol. The van der Waals surface area contributed by atoms with Crippen molar-refractivity contribution >= 4 is 11.9 Å². The zero-order valence-electron chi connectivity index (χ0n) is 13.9. The Labute approximate surface area is 138 Å². The van der Waals surface area contributed by atoms with E-state index in [0.29, 0.717) is 31.0 Å². The van der Waals surface area contributed by atoms with Crippen molar-refractivity contribution in [1.82, 2.24) is 15.5 Å². The number of hydrogen-bond donors (Lipinski definition) is 2. The van der Waals surface area contributed by atoms with Crippen LogP contribution in [0.2, 0.25) is 0 Å². The van der Waals surface area contributed by atoms with Crippen molar-refractivity contribution < 1.29 is 14.3 Å². The first-order valence-corrected chi connectivity index (χ1v) is 9.14. The predicted molar refractivity (Wildman–Crippen MR) is 87.1 cm³/mol. The van der Waals surface area contributed by atoms with Gasteiger partial charge in [-0.15, -0.1) is 0 Å². The Balaban J connectivity index is 1.35. The van der Waals surface area contributed by atoms with Gasteiger partial charge in [-0.3, -0.25) is 4.79 Å². The smallest absolute Gasteiger partial charge is 0.317 e. The van der Waals surface area contributed by atoms with Gasteiger partial charge in [0.05, 0.1) is 6.61 Å². The fourth-order valence-corrected chi connectivity index (χ4v) is 3.54. The van der Waals surface area contributed by atoms with Crippen molar-refractivity contribution in [2.75, 3.05) is 26.3 Å². The molecule has 1 heterocycles. The Morgan fingerprint density at radius 2 is 1.87 bits per heavy atom. The quantitative estimate of drug-likeness (QED) is 0.748. The van der Waals surface area contributed by atoms with Gasteiger partial charge in [-0.2, -0.15) is 0 Å². The van der Waals surface area contributed by atoms with Gasteiger partial charge in [0.1, 0.15) is 0 Å². The van der Waals surface area contributed by atoms with Crippen LogP contribution >= 0.6 is 0 Å². The van der Waals surface area contributed by atoms with Gasteiger partial charge in [-0.1, -0.05) is 12.8 Å². The zero-order valence-corrected chi connectivity index (χ0v) is 13.9. The molecule has 0 bridgehead atoms. The number of ether oxygens (including phenoxy) is 1. The summed E-state index contributed by atoms with van der Waals surface area (Å²) in [5, 5.41) is 5.97. The average molecular weight is 323 g/mol. The second-order valence-electron chi connectivity index (χ2n) is 7.14. The summed E-state index contributed by atoms with van der Waals surface area (Å²) in [6.07, 6.45) is 8.22. The summed E-state index contributed by atoms with van der Waals surface area (Å²) < 4.78 is 5.40. The van der Waals surface area contributed by atoms with Gasteiger partial charge < -0.3 is 20.3 Å². The molecule has 1 saturated heterocycles. The van der Waals surface area contributed by atoms with E-state index in [2.05, 4.69) is 10.6 Å². The van der Waals surface area contributed by atoms with E-state index in [9.17, 15) is 9.59 Å². The SMILES string of the molecule is O=C(CCNC(=O)N(CC1CCOC1)C1CC1)NC1CCCC1. The molecule has 1 atom stereocenters. The van der Waals surface area contributed by atoms with Crippen LogP contribution < -0.4 is 10.6 Å². The maximum atomic E-state index is 12.4. The van der Waals surface area contributed by atoms with Crippen molar-refractivity contribution in [1.29, 1.82) is 0 Å². The lowest BCUT2D eigenvalue weighted by atomic mass is 10.1. The van der Waals surface area contributed by atoms with Crippen LogP contribution in [0.3, 0.4) is 0 Å². The lowest BCUT2D eigenvalue weighted by Gasteiger charge is -2.25. The van der Waals surface area contributed by atoms with E-state index >= 15 is 0 Å². The summed E-state index contributed by atoms with van der Waals surface area (Å²) in [5.41, 5.74) is 0. The van der Waals surface area contributed by atoms with Crippen molar-refractivity contribution in [3.63, 3.8) is 0 Å². The molecule has 2 saturated carbocycles. The van der Waals surface area contributed by atoms with Crippen LogP contribution in [0.5, 0.6) is 0 Å². The standard InChI is InChI=1S/C17H29N3O3/c21-16(19-14-3-1-2-4-14)7-9-18-17(22)20(15-5-6-15)11-13-8-10-23-12-13/h13-15H,1-12H2,(H,18,22)(H,19,21). The fraction of sp³-hybridized carbons (Fsp3) is 0.882. The van der Waals surface area contributed by atoms with Gasteiger partial charge in [-0.25, -0.2) is 4.79 Å². The third kappa shape index (κ3) is 5.09. The molecule has 3 rings (SSSR count). The molecule has 23 heavy (non-hydrogen) atoms. The molecule has 6 nitrogen and oxygen atoms in total. The summed E-state index contributed by atoms with van der Waals surface area (Å²) in [6.45, 7) is 2.78. The van der Waals surface area contributed by atoms with Crippen LogP contribution in [0.1, 0.15) is 51.4 Å². The molecular weight excluding hydrogens is 294 g/mol. The van der Waals surface area contributed by atoms with E-state index in [0.717, 1.165) is 51.9 Å². The minimum Gasteiger partial charge on any atom is -0.381 e. The van der Waals surface area contributed by atoms with Gasteiger partial charge in [0, 0.05) is 44.1 Å². The number of rotatable bonds is 7. The van der Waals surface area contributed by atoms with E-state index < -0.39 is 0 Å². The summed E-state index contributed by atoms with van der Waals surface area (Å²) >= 11 is 0. The summed E-state index contributed by atoms with van der Waals surface area (Å²) in [6, 6.07) is 0.722. The largest absolute Gasteiger partial charge is 0.381 e. The summed E-state index contributed by atoms with van der Waals surface area (Å²) in [4.78, 5) is 26.2. The third-order valence-corrected chi connectivity index (χ3v) is 5.08. The van der Waals surface area contributed by atoms with Crippen LogP contribution in [0.15, 0.2) is 0 Å². The van der Waals surface area contributed by atoms with Crippen LogP contribution in [0.4, 0.5) is 4.79 Å². The van der Waals surface area contributed by atoms with E-state index in [4.69, 9.17) is 4.74 Å². The lowest BCUT2D eigenvalue weighted by molar-refractivity contribution is -0.121.